The van der Waals surface area contributed by atoms with Crippen LogP contribution in [0.15, 0.2) is 24.3 Å². The molecule has 0 unspecified atom stereocenters. The summed E-state index contributed by atoms with van der Waals surface area (Å²) >= 11 is 0. The Morgan fingerprint density at radius 3 is 2.62 bits per heavy atom. The summed E-state index contributed by atoms with van der Waals surface area (Å²) in [4.78, 5) is 26.2. The van der Waals surface area contributed by atoms with Gasteiger partial charge >= 0.3 is 12.0 Å². The van der Waals surface area contributed by atoms with E-state index in [2.05, 4.69) is 25.6 Å². The molecule has 0 aliphatic rings. The van der Waals surface area contributed by atoms with Gasteiger partial charge in [-0.1, -0.05) is 6.07 Å². The van der Waals surface area contributed by atoms with Crippen LogP contribution in [0.3, 0.4) is 0 Å². The fraction of sp³-hybridized carbons (Fsp3) is 0.333. The van der Waals surface area contributed by atoms with Crippen molar-refractivity contribution in [1.82, 2.24) is 20.3 Å². The number of aromatic nitrogens is 3. The summed E-state index contributed by atoms with van der Waals surface area (Å²) in [6.07, 6.45) is 0. The third kappa shape index (κ3) is 4.70. The van der Waals surface area contributed by atoms with Crippen LogP contribution in [0.5, 0.6) is 11.8 Å². The standard InChI is InChI=1S/C15H20N6O3/c1-21(2)13-18-12(19-15(20-13)24-4)9-16-14(22)17-10-6-5-7-11(8-10)23-3/h5-8H,9H2,1-4H3,(H2,16,17,22). The van der Waals surface area contributed by atoms with Crippen molar-refractivity contribution in [3.63, 3.8) is 0 Å². The number of methoxy groups -OCH3 is 2. The Hall–Kier alpha value is -3.10. The van der Waals surface area contributed by atoms with Gasteiger partial charge in [0.2, 0.25) is 5.95 Å². The predicted molar refractivity (Wildman–Crippen MR) is 89.6 cm³/mol. The maximum absolute atomic E-state index is 12.0. The van der Waals surface area contributed by atoms with E-state index in [1.54, 1.807) is 36.3 Å². The normalized spacial score (nSPS) is 10.0. The van der Waals surface area contributed by atoms with Gasteiger partial charge in [-0.2, -0.15) is 15.0 Å². The molecule has 0 saturated carbocycles. The molecule has 0 bridgehead atoms. The minimum absolute atomic E-state index is 0.134. The molecule has 0 aliphatic heterocycles. The summed E-state index contributed by atoms with van der Waals surface area (Å²) in [5, 5.41) is 5.39. The van der Waals surface area contributed by atoms with Crippen LogP contribution < -0.4 is 25.0 Å². The Bertz CT molecular complexity index is 707. The first-order valence-corrected chi connectivity index (χ1v) is 7.17. The number of benzene rings is 1. The Labute approximate surface area is 140 Å². The van der Waals surface area contributed by atoms with Gasteiger partial charge in [-0.25, -0.2) is 4.79 Å². The van der Waals surface area contributed by atoms with Crippen molar-refractivity contribution in [2.45, 2.75) is 6.54 Å². The number of carbonyl (C=O) groups excluding carboxylic acids is 1. The number of urea groups is 1. The molecule has 128 valence electrons. The van der Waals surface area contributed by atoms with Crippen molar-refractivity contribution in [3.05, 3.63) is 30.1 Å². The van der Waals surface area contributed by atoms with E-state index in [-0.39, 0.29) is 18.6 Å². The molecule has 1 aromatic carbocycles. The maximum atomic E-state index is 12.0. The number of nitrogens with zero attached hydrogens (tertiary/aromatic N) is 4. The van der Waals surface area contributed by atoms with Gasteiger partial charge in [-0.3, -0.25) is 0 Å². The molecule has 1 aromatic heterocycles. The van der Waals surface area contributed by atoms with E-state index in [1.807, 2.05) is 14.1 Å². The summed E-state index contributed by atoms with van der Waals surface area (Å²) < 4.78 is 10.2. The minimum atomic E-state index is -0.381. The molecule has 0 fully saturated rings. The number of hydrogen-bond acceptors (Lipinski definition) is 7. The quantitative estimate of drug-likeness (QED) is 0.821. The highest BCUT2D eigenvalue weighted by molar-refractivity contribution is 5.89. The molecule has 0 aliphatic carbocycles. The lowest BCUT2D eigenvalue weighted by molar-refractivity contribution is 0.251. The van der Waals surface area contributed by atoms with Crippen molar-refractivity contribution < 1.29 is 14.3 Å². The molecule has 9 nitrogen and oxygen atoms in total. The molecule has 2 aromatic rings. The molecule has 0 radical (unpaired) electrons. The summed E-state index contributed by atoms with van der Waals surface area (Å²) in [5.74, 6) is 1.50. The highest BCUT2D eigenvalue weighted by atomic mass is 16.5. The molecule has 2 N–H and O–H groups in total. The smallest absolute Gasteiger partial charge is 0.321 e. The van der Waals surface area contributed by atoms with Gasteiger partial charge in [-0.05, 0) is 12.1 Å². The molecule has 1 heterocycles. The Morgan fingerprint density at radius 2 is 1.96 bits per heavy atom. The van der Waals surface area contributed by atoms with Gasteiger partial charge in [0.05, 0.1) is 20.8 Å². The SMILES string of the molecule is COc1cccc(NC(=O)NCc2nc(OC)nc(N(C)C)n2)c1. The minimum Gasteiger partial charge on any atom is -0.497 e. The summed E-state index contributed by atoms with van der Waals surface area (Å²) in [6, 6.07) is 6.87. The molecule has 0 spiro atoms. The highest BCUT2D eigenvalue weighted by Crippen LogP contribution is 2.16. The van der Waals surface area contributed by atoms with Crippen molar-refractivity contribution in [2.75, 3.05) is 38.5 Å². The summed E-state index contributed by atoms with van der Waals surface area (Å²) in [5.41, 5.74) is 0.619. The summed E-state index contributed by atoms with van der Waals surface area (Å²) in [7, 11) is 6.65. The first-order valence-electron chi connectivity index (χ1n) is 7.17. The summed E-state index contributed by atoms with van der Waals surface area (Å²) in [6.45, 7) is 0.134. The second-order valence-electron chi connectivity index (χ2n) is 4.97. The molecule has 2 rings (SSSR count). The molecule has 2 amide bonds. The van der Waals surface area contributed by atoms with Crippen LogP contribution in [0, 0.1) is 0 Å². The van der Waals surface area contributed by atoms with Crippen LogP contribution in [-0.2, 0) is 6.54 Å². The van der Waals surface area contributed by atoms with Crippen molar-refractivity contribution >= 4 is 17.7 Å². The number of nitrogens with one attached hydrogen (secondary N) is 2. The monoisotopic (exact) mass is 332 g/mol. The third-order valence-corrected chi connectivity index (χ3v) is 2.97. The first kappa shape index (κ1) is 17.3. The van der Waals surface area contributed by atoms with E-state index in [1.165, 1.54) is 7.11 Å². The maximum Gasteiger partial charge on any atom is 0.321 e. The van der Waals surface area contributed by atoms with E-state index >= 15 is 0 Å². The van der Waals surface area contributed by atoms with Gasteiger partial charge in [0.25, 0.3) is 0 Å². The third-order valence-electron chi connectivity index (χ3n) is 2.97. The van der Waals surface area contributed by atoms with E-state index in [9.17, 15) is 4.79 Å². The molecular formula is C15H20N6O3. The Balaban J connectivity index is 1.99. The zero-order valence-corrected chi connectivity index (χ0v) is 14.0. The van der Waals surface area contributed by atoms with E-state index in [0.29, 0.717) is 23.2 Å². The van der Waals surface area contributed by atoms with Crippen LogP contribution in [0.4, 0.5) is 16.4 Å². The molecule has 0 saturated heterocycles. The van der Waals surface area contributed by atoms with Crippen molar-refractivity contribution in [3.8, 4) is 11.8 Å². The number of rotatable bonds is 6. The molecule has 0 atom stereocenters. The van der Waals surface area contributed by atoms with E-state index in [0.717, 1.165) is 0 Å². The van der Waals surface area contributed by atoms with E-state index < -0.39 is 0 Å². The predicted octanol–water partition coefficient (Wildman–Crippen LogP) is 1.28. The van der Waals surface area contributed by atoms with Crippen LogP contribution in [0.1, 0.15) is 5.82 Å². The van der Waals surface area contributed by atoms with E-state index in [4.69, 9.17) is 9.47 Å². The van der Waals surface area contributed by atoms with Gasteiger partial charge in [0.15, 0.2) is 5.82 Å². The number of amides is 2. The second-order valence-corrected chi connectivity index (χ2v) is 4.97. The number of ether oxygens (including phenoxy) is 2. The van der Waals surface area contributed by atoms with Crippen LogP contribution in [0.2, 0.25) is 0 Å². The molecule has 24 heavy (non-hydrogen) atoms. The van der Waals surface area contributed by atoms with Crippen molar-refractivity contribution in [1.29, 1.82) is 0 Å². The fourth-order valence-electron chi connectivity index (χ4n) is 1.79. The molecule has 9 heteroatoms. The van der Waals surface area contributed by atoms with Gasteiger partial charge in [0, 0.05) is 25.8 Å². The first-order chi connectivity index (χ1) is 11.5. The van der Waals surface area contributed by atoms with Gasteiger partial charge in [-0.15, -0.1) is 0 Å². The lowest BCUT2D eigenvalue weighted by Gasteiger charge is -2.12. The van der Waals surface area contributed by atoms with Crippen LogP contribution >= 0.6 is 0 Å². The Morgan fingerprint density at radius 1 is 1.17 bits per heavy atom. The largest absolute Gasteiger partial charge is 0.497 e. The fourth-order valence-corrected chi connectivity index (χ4v) is 1.79. The zero-order chi connectivity index (χ0) is 17.5. The van der Waals surface area contributed by atoms with Gasteiger partial charge < -0.3 is 25.0 Å². The number of hydrogen-bond donors (Lipinski definition) is 2. The van der Waals surface area contributed by atoms with Crippen LogP contribution in [0.25, 0.3) is 0 Å². The van der Waals surface area contributed by atoms with Crippen molar-refractivity contribution in [2.24, 2.45) is 0 Å². The van der Waals surface area contributed by atoms with Gasteiger partial charge in [0.1, 0.15) is 5.75 Å². The Kier molecular flexibility index (Phi) is 5.72. The average molecular weight is 332 g/mol. The highest BCUT2D eigenvalue weighted by Gasteiger charge is 2.10. The lowest BCUT2D eigenvalue weighted by Crippen LogP contribution is -2.29. The number of carbonyl (C=O) groups is 1. The van der Waals surface area contributed by atoms with Crippen LogP contribution in [-0.4, -0.2) is 49.3 Å². The number of anilines is 2. The molecular weight excluding hydrogens is 312 g/mol. The zero-order valence-electron chi connectivity index (χ0n) is 14.0. The second kappa shape index (κ2) is 7.95. The average Bonchev–Trinajstić information content (AvgIpc) is 2.59. The lowest BCUT2D eigenvalue weighted by atomic mass is 10.3. The topological polar surface area (TPSA) is 102 Å².